The molecule has 0 saturated heterocycles. The van der Waals surface area contributed by atoms with E-state index in [0.29, 0.717) is 0 Å². The number of hydrogen-bond acceptors (Lipinski definition) is 6. The maximum atomic E-state index is 11.5. The maximum absolute atomic E-state index is 11.5. The molecule has 0 bridgehead atoms. The van der Waals surface area contributed by atoms with Gasteiger partial charge in [-0.05, 0) is 18.2 Å². The van der Waals surface area contributed by atoms with Crippen molar-refractivity contribution in [2.24, 2.45) is 0 Å². The van der Waals surface area contributed by atoms with Crippen molar-refractivity contribution in [1.29, 1.82) is 0 Å². The first-order chi connectivity index (χ1) is 8.85. The summed E-state index contributed by atoms with van der Waals surface area (Å²) < 4.78 is 21.9. The SMILES string of the molecule is Nc1ccn(C2C=CC(OCP(=O)(O)O)O2)c(=O)n1. The molecular formula is C9H12N3O6P. The van der Waals surface area contributed by atoms with Gasteiger partial charge in [-0.15, -0.1) is 0 Å². The molecule has 1 aliphatic rings. The Labute approximate surface area is 107 Å². The molecule has 0 saturated carbocycles. The second kappa shape index (κ2) is 5.24. The third-order valence-corrected chi connectivity index (χ3v) is 2.72. The number of ether oxygens (including phenoxy) is 2. The van der Waals surface area contributed by atoms with Crippen LogP contribution in [0.2, 0.25) is 0 Å². The van der Waals surface area contributed by atoms with Crippen LogP contribution in [0.5, 0.6) is 0 Å². The van der Waals surface area contributed by atoms with Gasteiger partial charge in [-0.2, -0.15) is 4.98 Å². The Morgan fingerprint density at radius 1 is 1.53 bits per heavy atom. The fraction of sp³-hybridized carbons (Fsp3) is 0.333. The van der Waals surface area contributed by atoms with Crippen LogP contribution in [-0.2, 0) is 14.0 Å². The lowest BCUT2D eigenvalue weighted by Gasteiger charge is -2.16. The van der Waals surface area contributed by atoms with Crippen LogP contribution in [0.3, 0.4) is 0 Å². The molecule has 19 heavy (non-hydrogen) atoms. The Kier molecular flexibility index (Phi) is 3.83. The van der Waals surface area contributed by atoms with Gasteiger partial charge >= 0.3 is 13.3 Å². The van der Waals surface area contributed by atoms with Gasteiger partial charge in [0.15, 0.2) is 18.9 Å². The van der Waals surface area contributed by atoms with E-state index < -0.39 is 32.2 Å². The van der Waals surface area contributed by atoms with Gasteiger partial charge in [0, 0.05) is 6.20 Å². The number of hydrogen-bond donors (Lipinski definition) is 3. The molecule has 104 valence electrons. The van der Waals surface area contributed by atoms with E-state index in [1.165, 1.54) is 29.0 Å². The minimum absolute atomic E-state index is 0.0949. The number of nitrogens with zero attached hydrogens (tertiary/aromatic N) is 2. The Morgan fingerprint density at radius 3 is 2.89 bits per heavy atom. The number of aromatic nitrogens is 2. The van der Waals surface area contributed by atoms with Crippen molar-refractivity contribution in [3.8, 4) is 0 Å². The topological polar surface area (TPSA) is 137 Å². The lowest BCUT2D eigenvalue weighted by atomic mass is 10.5. The van der Waals surface area contributed by atoms with E-state index in [2.05, 4.69) is 4.98 Å². The molecule has 1 aromatic heterocycles. The average Bonchev–Trinajstić information content (AvgIpc) is 2.74. The zero-order valence-corrected chi connectivity index (χ0v) is 10.5. The summed E-state index contributed by atoms with van der Waals surface area (Å²) in [6.45, 7) is 0. The van der Waals surface area contributed by atoms with Gasteiger partial charge in [0.25, 0.3) is 0 Å². The standard InChI is InChI=1S/C9H12N3O6P/c10-6-3-4-12(9(13)11-6)7-1-2-8(18-7)17-5-19(14,15)16/h1-4,7-8H,5H2,(H2,10,11,13)(H2,14,15,16). The molecule has 0 spiro atoms. The summed E-state index contributed by atoms with van der Waals surface area (Å²) in [5, 5.41) is 0. The van der Waals surface area contributed by atoms with E-state index in [9.17, 15) is 9.36 Å². The molecule has 4 N–H and O–H groups in total. The first-order valence-electron chi connectivity index (χ1n) is 5.20. The lowest BCUT2D eigenvalue weighted by molar-refractivity contribution is -0.127. The first-order valence-corrected chi connectivity index (χ1v) is 6.99. The Bertz CT molecular complexity index is 594. The normalized spacial score (nSPS) is 22.8. The molecule has 2 unspecified atom stereocenters. The summed E-state index contributed by atoms with van der Waals surface area (Å²) in [5.41, 5.74) is 4.76. The summed E-state index contributed by atoms with van der Waals surface area (Å²) >= 11 is 0. The highest BCUT2D eigenvalue weighted by Gasteiger charge is 2.24. The first kappa shape index (κ1) is 13.9. The molecule has 0 radical (unpaired) electrons. The third kappa shape index (κ3) is 3.72. The Balaban J connectivity index is 2.01. The predicted molar refractivity (Wildman–Crippen MR) is 64.0 cm³/mol. The molecule has 10 heteroatoms. The summed E-state index contributed by atoms with van der Waals surface area (Å²) in [7, 11) is -4.26. The van der Waals surface area contributed by atoms with Crippen LogP contribution >= 0.6 is 7.60 Å². The fourth-order valence-electron chi connectivity index (χ4n) is 1.46. The van der Waals surface area contributed by atoms with Crippen LogP contribution in [0.15, 0.2) is 29.2 Å². The zero-order valence-electron chi connectivity index (χ0n) is 9.62. The summed E-state index contributed by atoms with van der Waals surface area (Å²) in [6.07, 6.45) is 1.94. The van der Waals surface area contributed by atoms with E-state index in [1.54, 1.807) is 0 Å². The molecule has 1 aliphatic heterocycles. The highest BCUT2D eigenvalue weighted by Crippen LogP contribution is 2.35. The molecule has 2 rings (SSSR count). The van der Waals surface area contributed by atoms with Crippen LogP contribution in [0.25, 0.3) is 0 Å². The molecular weight excluding hydrogens is 277 g/mol. The molecule has 2 heterocycles. The fourth-order valence-corrected chi connectivity index (χ4v) is 1.80. The molecule has 1 aromatic rings. The van der Waals surface area contributed by atoms with Gasteiger partial charge < -0.3 is 25.0 Å². The summed E-state index contributed by atoms with van der Waals surface area (Å²) in [6, 6.07) is 1.43. The second-order valence-electron chi connectivity index (χ2n) is 3.78. The van der Waals surface area contributed by atoms with Gasteiger partial charge in [0.05, 0.1) is 0 Å². The largest absolute Gasteiger partial charge is 0.383 e. The number of anilines is 1. The monoisotopic (exact) mass is 289 g/mol. The number of nitrogen functional groups attached to an aromatic ring is 1. The van der Waals surface area contributed by atoms with E-state index in [1.807, 2.05) is 0 Å². The van der Waals surface area contributed by atoms with Crippen LogP contribution in [0, 0.1) is 0 Å². The van der Waals surface area contributed by atoms with E-state index in [-0.39, 0.29) is 5.82 Å². The quantitative estimate of drug-likeness (QED) is 0.493. The number of rotatable bonds is 4. The Morgan fingerprint density at radius 2 is 2.26 bits per heavy atom. The van der Waals surface area contributed by atoms with Crippen molar-refractivity contribution in [3.05, 3.63) is 34.9 Å². The van der Waals surface area contributed by atoms with E-state index >= 15 is 0 Å². The molecule has 0 aromatic carbocycles. The minimum Gasteiger partial charge on any atom is -0.383 e. The van der Waals surface area contributed by atoms with Crippen molar-refractivity contribution < 1.29 is 23.8 Å². The van der Waals surface area contributed by atoms with Crippen molar-refractivity contribution in [2.45, 2.75) is 12.5 Å². The van der Waals surface area contributed by atoms with Crippen LogP contribution in [-0.4, -0.2) is 32.0 Å². The lowest BCUT2D eigenvalue weighted by Crippen LogP contribution is -2.28. The average molecular weight is 289 g/mol. The van der Waals surface area contributed by atoms with Crippen molar-refractivity contribution in [3.63, 3.8) is 0 Å². The van der Waals surface area contributed by atoms with Gasteiger partial charge in [0.2, 0.25) is 0 Å². The van der Waals surface area contributed by atoms with Crippen molar-refractivity contribution in [2.75, 3.05) is 12.1 Å². The molecule has 0 fully saturated rings. The van der Waals surface area contributed by atoms with Gasteiger partial charge in [-0.25, -0.2) is 4.79 Å². The van der Waals surface area contributed by atoms with Crippen molar-refractivity contribution in [1.82, 2.24) is 9.55 Å². The van der Waals surface area contributed by atoms with Gasteiger partial charge in [-0.1, -0.05) is 0 Å². The highest BCUT2D eigenvalue weighted by molar-refractivity contribution is 7.51. The summed E-state index contributed by atoms with van der Waals surface area (Å²) in [5.74, 6) is 0.0949. The van der Waals surface area contributed by atoms with E-state index in [4.69, 9.17) is 25.0 Å². The predicted octanol–water partition coefficient (Wildman–Crippen LogP) is -0.612. The maximum Gasteiger partial charge on any atom is 0.351 e. The van der Waals surface area contributed by atoms with Gasteiger partial charge in [-0.3, -0.25) is 9.13 Å². The molecule has 2 atom stereocenters. The van der Waals surface area contributed by atoms with Crippen molar-refractivity contribution >= 4 is 13.4 Å². The second-order valence-corrected chi connectivity index (χ2v) is 5.37. The Hall–Kier alpha value is -1.51. The number of nitrogens with two attached hydrogens (primary N) is 1. The van der Waals surface area contributed by atoms with Crippen LogP contribution < -0.4 is 11.4 Å². The van der Waals surface area contributed by atoms with Crippen LogP contribution in [0.4, 0.5) is 5.82 Å². The molecule has 0 aliphatic carbocycles. The van der Waals surface area contributed by atoms with E-state index in [0.717, 1.165) is 0 Å². The third-order valence-electron chi connectivity index (χ3n) is 2.24. The molecule has 0 amide bonds. The van der Waals surface area contributed by atoms with Crippen LogP contribution in [0.1, 0.15) is 6.23 Å². The molecule has 9 nitrogen and oxygen atoms in total. The smallest absolute Gasteiger partial charge is 0.351 e. The zero-order chi connectivity index (χ0) is 14.0. The minimum atomic E-state index is -4.26. The summed E-state index contributed by atoms with van der Waals surface area (Å²) in [4.78, 5) is 32.4. The highest BCUT2D eigenvalue weighted by atomic mass is 31.2. The van der Waals surface area contributed by atoms with Gasteiger partial charge in [0.1, 0.15) is 5.82 Å².